The highest BCUT2D eigenvalue weighted by molar-refractivity contribution is 7.10. The van der Waals surface area contributed by atoms with Crippen molar-refractivity contribution in [3.8, 4) is 5.75 Å². The summed E-state index contributed by atoms with van der Waals surface area (Å²) in [6, 6.07) is 15.1. The first-order valence-corrected chi connectivity index (χ1v) is 13.6. The van der Waals surface area contributed by atoms with E-state index in [1.165, 1.54) is 17.0 Å². The monoisotopic (exact) mass is 522 g/mol. The van der Waals surface area contributed by atoms with Crippen LogP contribution in [0.25, 0.3) is 0 Å². The van der Waals surface area contributed by atoms with Crippen LogP contribution in [-0.2, 0) is 16.0 Å². The van der Waals surface area contributed by atoms with E-state index < -0.39 is 0 Å². The van der Waals surface area contributed by atoms with Crippen molar-refractivity contribution in [2.75, 3.05) is 32.8 Å². The third-order valence-corrected chi connectivity index (χ3v) is 8.07. The number of carbonyl (C=O) groups excluding carboxylic acids is 2. The van der Waals surface area contributed by atoms with Crippen LogP contribution in [0.2, 0.25) is 0 Å². The second kappa shape index (κ2) is 11.4. The van der Waals surface area contributed by atoms with Crippen LogP contribution in [-0.4, -0.2) is 60.6 Å². The molecule has 1 saturated heterocycles. The fourth-order valence-corrected chi connectivity index (χ4v) is 6.00. The Hall–Kier alpha value is -3.23. The average molecular weight is 523 g/mol. The zero-order valence-electron chi connectivity index (χ0n) is 20.9. The number of hydrogen-bond acceptors (Lipinski definition) is 5. The van der Waals surface area contributed by atoms with Crippen LogP contribution < -0.4 is 4.74 Å². The van der Waals surface area contributed by atoms with Crippen molar-refractivity contribution >= 4 is 23.2 Å². The zero-order chi connectivity index (χ0) is 25.8. The minimum absolute atomic E-state index is 0.0282. The predicted octanol–water partition coefficient (Wildman–Crippen LogP) is 5.02. The lowest BCUT2D eigenvalue weighted by Crippen LogP contribution is -2.49. The molecule has 2 aliphatic heterocycles. The van der Waals surface area contributed by atoms with E-state index >= 15 is 0 Å². The number of rotatable bonds is 8. The van der Waals surface area contributed by atoms with Crippen LogP contribution >= 0.6 is 11.3 Å². The summed E-state index contributed by atoms with van der Waals surface area (Å²) < 4.78 is 25.1. The molecule has 1 aromatic heterocycles. The summed E-state index contributed by atoms with van der Waals surface area (Å²) in [6.07, 6.45) is 2.54. The Morgan fingerprint density at radius 2 is 1.97 bits per heavy atom. The highest BCUT2D eigenvalue weighted by Crippen LogP contribution is 2.34. The molecule has 8 heteroatoms. The number of thiophene rings is 1. The molecule has 2 aromatic carbocycles. The smallest absolute Gasteiger partial charge is 0.254 e. The molecule has 6 nitrogen and oxygen atoms in total. The third kappa shape index (κ3) is 5.86. The SMILES string of the molecule is Cc1ccccc1C(=O)N(CC(=O)N1CCc2sccc2[C@H]1COc1ccc(F)cc1)C[C@H]1CCCO1. The minimum Gasteiger partial charge on any atom is -0.491 e. The number of fused-ring (bicyclic) bond motifs is 1. The maximum absolute atomic E-state index is 13.8. The number of ether oxygens (including phenoxy) is 2. The second-order valence-electron chi connectivity index (χ2n) is 9.55. The Morgan fingerprint density at radius 3 is 2.73 bits per heavy atom. The quantitative estimate of drug-likeness (QED) is 0.417. The van der Waals surface area contributed by atoms with E-state index in [0.29, 0.717) is 31.0 Å². The molecule has 5 rings (SSSR count). The number of aryl methyl sites for hydroxylation is 1. The van der Waals surface area contributed by atoms with Crippen molar-refractivity contribution in [2.24, 2.45) is 0 Å². The van der Waals surface area contributed by atoms with Crippen LogP contribution in [0.1, 0.15) is 45.2 Å². The molecule has 2 aliphatic rings. The van der Waals surface area contributed by atoms with Gasteiger partial charge in [-0.3, -0.25) is 9.59 Å². The zero-order valence-corrected chi connectivity index (χ0v) is 21.7. The molecule has 1 fully saturated rings. The summed E-state index contributed by atoms with van der Waals surface area (Å²) in [6.45, 7) is 3.74. The van der Waals surface area contributed by atoms with Gasteiger partial charge in [0.15, 0.2) is 0 Å². The van der Waals surface area contributed by atoms with E-state index in [9.17, 15) is 14.0 Å². The first-order valence-electron chi connectivity index (χ1n) is 12.7. The molecule has 0 saturated carbocycles. The molecular formula is C29H31FN2O4S. The molecule has 2 amide bonds. The molecular weight excluding hydrogens is 491 g/mol. The third-order valence-electron chi connectivity index (χ3n) is 7.07. The van der Waals surface area contributed by atoms with Gasteiger partial charge in [-0.1, -0.05) is 18.2 Å². The van der Waals surface area contributed by atoms with E-state index in [-0.39, 0.29) is 42.9 Å². The highest BCUT2D eigenvalue weighted by Gasteiger charge is 2.34. The number of benzene rings is 2. The Kier molecular flexibility index (Phi) is 7.86. The molecule has 0 bridgehead atoms. The van der Waals surface area contributed by atoms with Gasteiger partial charge in [0.25, 0.3) is 5.91 Å². The van der Waals surface area contributed by atoms with Crippen LogP contribution in [0, 0.1) is 12.7 Å². The normalized spacial score (nSPS) is 18.9. The van der Waals surface area contributed by atoms with E-state index in [0.717, 1.165) is 30.4 Å². The standard InChI is InChI=1S/C29H31FN2O4S/c1-20-5-2-3-7-24(20)29(34)31(17-23-6-4-15-35-23)18-28(33)32-14-12-27-25(13-16-37-27)26(32)19-36-22-10-8-21(30)9-11-22/h2-3,5,7-11,13,16,23,26H,4,6,12,14-15,17-19H2,1H3/t23-,26-/m1/s1. The number of carbonyl (C=O) groups is 2. The van der Waals surface area contributed by atoms with Gasteiger partial charge in [-0.15, -0.1) is 11.3 Å². The van der Waals surface area contributed by atoms with Crippen molar-refractivity contribution in [3.63, 3.8) is 0 Å². The molecule has 2 atom stereocenters. The van der Waals surface area contributed by atoms with E-state index in [1.807, 2.05) is 47.5 Å². The van der Waals surface area contributed by atoms with Crippen molar-refractivity contribution in [1.29, 1.82) is 0 Å². The van der Waals surface area contributed by atoms with Crippen LogP contribution in [0.3, 0.4) is 0 Å². The maximum atomic E-state index is 13.8. The first kappa shape index (κ1) is 25.4. The molecule has 0 aliphatic carbocycles. The van der Waals surface area contributed by atoms with Crippen molar-refractivity contribution in [1.82, 2.24) is 9.80 Å². The molecule has 3 aromatic rings. The van der Waals surface area contributed by atoms with Gasteiger partial charge < -0.3 is 19.3 Å². The van der Waals surface area contributed by atoms with Crippen LogP contribution in [0.5, 0.6) is 5.75 Å². The minimum atomic E-state index is -0.327. The summed E-state index contributed by atoms with van der Waals surface area (Å²) in [4.78, 5) is 32.1. The number of hydrogen-bond donors (Lipinski definition) is 0. The Balaban J connectivity index is 1.36. The fraction of sp³-hybridized carbons (Fsp3) is 0.379. The van der Waals surface area contributed by atoms with Crippen molar-refractivity contribution in [3.05, 3.63) is 87.4 Å². The van der Waals surface area contributed by atoms with Gasteiger partial charge in [0, 0.05) is 30.1 Å². The maximum Gasteiger partial charge on any atom is 0.254 e. The van der Waals surface area contributed by atoms with Gasteiger partial charge >= 0.3 is 0 Å². The molecule has 0 unspecified atom stereocenters. The van der Waals surface area contributed by atoms with Gasteiger partial charge in [0.1, 0.15) is 24.7 Å². The predicted molar refractivity (Wildman–Crippen MR) is 140 cm³/mol. The molecule has 0 radical (unpaired) electrons. The molecule has 194 valence electrons. The molecule has 0 spiro atoms. The average Bonchev–Trinajstić information content (AvgIpc) is 3.60. The number of nitrogens with zero attached hydrogens (tertiary/aromatic N) is 2. The topological polar surface area (TPSA) is 59.1 Å². The number of halogens is 1. The largest absolute Gasteiger partial charge is 0.491 e. The molecule has 3 heterocycles. The van der Waals surface area contributed by atoms with E-state index in [1.54, 1.807) is 28.4 Å². The molecule has 37 heavy (non-hydrogen) atoms. The van der Waals surface area contributed by atoms with Crippen molar-refractivity contribution < 1.29 is 23.5 Å². The summed E-state index contributed by atoms with van der Waals surface area (Å²) in [5, 5.41) is 2.04. The van der Waals surface area contributed by atoms with Gasteiger partial charge in [0.05, 0.1) is 12.1 Å². The fourth-order valence-electron chi connectivity index (χ4n) is 5.07. The summed E-state index contributed by atoms with van der Waals surface area (Å²) in [5.41, 5.74) is 2.55. The summed E-state index contributed by atoms with van der Waals surface area (Å²) >= 11 is 1.68. The van der Waals surface area contributed by atoms with Crippen LogP contribution in [0.15, 0.2) is 60.0 Å². The van der Waals surface area contributed by atoms with Gasteiger partial charge in [0.2, 0.25) is 5.91 Å². The number of amides is 2. The van der Waals surface area contributed by atoms with Crippen LogP contribution in [0.4, 0.5) is 4.39 Å². The van der Waals surface area contributed by atoms with Gasteiger partial charge in [-0.25, -0.2) is 4.39 Å². The first-order chi connectivity index (χ1) is 18.0. The Morgan fingerprint density at radius 1 is 1.16 bits per heavy atom. The summed E-state index contributed by atoms with van der Waals surface area (Å²) in [5.74, 6) is -0.0590. The lowest BCUT2D eigenvalue weighted by Gasteiger charge is -2.37. The second-order valence-corrected chi connectivity index (χ2v) is 10.6. The summed E-state index contributed by atoms with van der Waals surface area (Å²) in [7, 11) is 0. The Bertz CT molecular complexity index is 1240. The highest BCUT2D eigenvalue weighted by atomic mass is 32.1. The lowest BCUT2D eigenvalue weighted by molar-refractivity contribution is -0.135. The van der Waals surface area contributed by atoms with E-state index in [2.05, 4.69) is 0 Å². The lowest BCUT2D eigenvalue weighted by atomic mass is 10.00. The molecule has 0 N–H and O–H groups in total. The van der Waals surface area contributed by atoms with Crippen molar-refractivity contribution in [2.45, 2.75) is 38.3 Å². The van der Waals surface area contributed by atoms with E-state index in [4.69, 9.17) is 9.47 Å². The Labute approximate surface area is 220 Å². The van der Waals surface area contributed by atoms with Gasteiger partial charge in [-0.05, 0) is 79.1 Å². The van der Waals surface area contributed by atoms with Gasteiger partial charge in [-0.2, -0.15) is 0 Å².